The highest BCUT2D eigenvalue weighted by atomic mass is 14.8. The van der Waals surface area contributed by atoms with Crippen LogP contribution in [0.5, 0.6) is 0 Å². The first-order valence-corrected chi connectivity index (χ1v) is 9.39. The van der Waals surface area contributed by atoms with Crippen molar-refractivity contribution in [2.24, 2.45) is 5.41 Å². The van der Waals surface area contributed by atoms with Gasteiger partial charge in [-0.2, -0.15) is 0 Å². The van der Waals surface area contributed by atoms with Crippen LogP contribution in [0.2, 0.25) is 0 Å². The van der Waals surface area contributed by atoms with Gasteiger partial charge in [0.25, 0.3) is 0 Å². The summed E-state index contributed by atoms with van der Waals surface area (Å²) in [6.07, 6.45) is 14.9. The van der Waals surface area contributed by atoms with Gasteiger partial charge in [-0.3, -0.25) is 0 Å². The van der Waals surface area contributed by atoms with Gasteiger partial charge in [-0.05, 0) is 62.3 Å². The monoisotopic (exact) mass is 335 g/mol. The molecule has 0 saturated carbocycles. The molecule has 2 rings (SSSR count). The van der Waals surface area contributed by atoms with Crippen LogP contribution in [0, 0.1) is 5.41 Å². The fourth-order valence-corrected chi connectivity index (χ4v) is 3.54. The molecule has 25 heavy (non-hydrogen) atoms. The van der Waals surface area contributed by atoms with Crippen molar-refractivity contribution in [2.45, 2.75) is 53.5 Å². The van der Waals surface area contributed by atoms with Gasteiger partial charge in [0.2, 0.25) is 0 Å². The topological polar surface area (TPSA) is 12.0 Å². The third kappa shape index (κ3) is 5.86. The van der Waals surface area contributed by atoms with Crippen molar-refractivity contribution in [1.29, 1.82) is 0 Å². The Balaban J connectivity index is 2.01. The third-order valence-corrected chi connectivity index (χ3v) is 5.06. The fourth-order valence-electron chi connectivity index (χ4n) is 3.54. The highest BCUT2D eigenvalue weighted by Gasteiger charge is 2.26. The molecule has 1 aromatic rings. The Hall–Kier alpha value is -1.86. The normalized spacial score (nSPS) is 18.5. The van der Waals surface area contributed by atoms with E-state index in [1.165, 1.54) is 41.5 Å². The Kier molecular flexibility index (Phi) is 7.01. The number of hydrogen-bond acceptors (Lipinski definition) is 1. The van der Waals surface area contributed by atoms with Crippen LogP contribution in [0.3, 0.4) is 0 Å². The first-order chi connectivity index (χ1) is 11.9. The van der Waals surface area contributed by atoms with Crippen LogP contribution in [0.4, 0.5) is 0 Å². The molecule has 1 heteroatoms. The first kappa shape index (κ1) is 19.5. The summed E-state index contributed by atoms with van der Waals surface area (Å²) in [5.74, 6) is 0. The molecule has 0 heterocycles. The second-order valence-corrected chi connectivity index (χ2v) is 7.81. The Bertz CT molecular complexity index is 681. The smallest absolute Gasteiger partial charge is 0.0202 e. The summed E-state index contributed by atoms with van der Waals surface area (Å²) in [4.78, 5) is 0. The molecule has 0 saturated heterocycles. The van der Waals surface area contributed by atoms with Gasteiger partial charge in [0.05, 0.1) is 0 Å². The van der Waals surface area contributed by atoms with E-state index in [4.69, 9.17) is 0 Å². The van der Waals surface area contributed by atoms with Crippen LogP contribution < -0.4 is 5.32 Å². The predicted molar refractivity (Wildman–Crippen MR) is 111 cm³/mol. The lowest BCUT2D eigenvalue weighted by molar-refractivity contribution is 0.377. The quantitative estimate of drug-likeness (QED) is 0.589. The Labute approximate surface area is 154 Å². The van der Waals surface area contributed by atoms with Crippen molar-refractivity contribution in [3.63, 3.8) is 0 Å². The van der Waals surface area contributed by atoms with Crippen molar-refractivity contribution in [2.75, 3.05) is 7.05 Å². The predicted octanol–water partition coefficient (Wildman–Crippen LogP) is 6.45. The molecule has 0 spiro atoms. The number of benzene rings is 1. The molecule has 0 fully saturated rings. The first-order valence-electron chi connectivity index (χ1n) is 9.39. The summed E-state index contributed by atoms with van der Waals surface area (Å²) >= 11 is 0. The van der Waals surface area contributed by atoms with E-state index >= 15 is 0 Å². The van der Waals surface area contributed by atoms with Crippen LogP contribution in [-0.4, -0.2) is 7.05 Å². The van der Waals surface area contributed by atoms with Crippen LogP contribution >= 0.6 is 0 Å². The van der Waals surface area contributed by atoms with Crippen molar-refractivity contribution < 1.29 is 0 Å². The van der Waals surface area contributed by atoms with E-state index in [0.29, 0.717) is 5.41 Å². The van der Waals surface area contributed by atoms with Crippen LogP contribution in [0.15, 0.2) is 65.3 Å². The van der Waals surface area contributed by atoms with E-state index < -0.39 is 0 Å². The molecule has 1 aliphatic rings. The van der Waals surface area contributed by atoms with Crippen molar-refractivity contribution in [1.82, 2.24) is 5.32 Å². The molecule has 0 bridgehead atoms. The maximum atomic E-state index is 3.17. The van der Waals surface area contributed by atoms with Gasteiger partial charge in [0, 0.05) is 6.54 Å². The lowest BCUT2D eigenvalue weighted by atomic mass is 9.72. The van der Waals surface area contributed by atoms with Gasteiger partial charge < -0.3 is 5.32 Å². The zero-order chi connectivity index (χ0) is 18.3. The standard InChI is InChI=1S/C24H33N/c1-19(11-16-23-20(2)9-7-17-24(23,3)4)8-6-10-21-12-14-22(15-13-21)18-25-5/h6,8,10-16,25H,7,9,17-18H2,1-5H3/b10-6+,16-11+,19-8+. The van der Waals surface area contributed by atoms with Crippen molar-refractivity contribution in [3.8, 4) is 0 Å². The molecule has 1 aliphatic carbocycles. The second-order valence-electron chi connectivity index (χ2n) is 7.81. The van der Waals surface area contributed by atoms with E-state index in [1.54, 1.807) is 5.57 Å². The van der Waals surface area contributed by atoms with Gasteiger partial charge in [0.15, 0.2) is 0 Å². The maximum Gasteiger partial charge on any atom is 0.0202 e. The molecule has 0 amide bonds. The largest absolute Gasteiger partial charge is 0.316 e. The summed E-state index contributed by atoms with van der Waals surface area (Å²) in [6, 6.07) is 8.68. The molecule has 0 atom stereocenters. The molecule has 0 aliphatic heterocycles. The van der Waals surface area contributed by atoms with E-state index in [0.717, 1.165) is 6.54 Å². The zero-order valence-electron chi connectivity index (χ0n) is 16.5. The second kappa shape index (κ2) is 9.01. The molecule has 0 unspecified atom stereocenters. The van der Waals surface area contributed by atoms with Crippen molar-refractivity contribution in [3.05, 3.63) is 76.4 Å². The molecule has 0 aromatic heterocycles. The fraction of sp³-hybridized carbons (Fsp3) is 0.417. The number of allylic oxidation sites excluding steroid dienone is 7. The number of nitrogens with one attached hydrogen (secondary N) is 1. The van der Waals surface area contributed by atoms with Gasteiger partial charge in [0.1, 0.15) is 0 Å². The summed E-state index contributed by atoms with van der Waals surface area (Å²) < 4.78 is 0. The minimum atomic E-state index is 0.310. The molecular formula is C24H33N. The summed E-state index contributed by atoms with van der Waals surface area (Å²) in [6.45, 7) is 10.1. The SMILES string of the molecule is CNCc1ccc(/C=C/C=C(C)/C=C/C2=C(C)CCCC2(C)C)cc1. The van der Waals surface area contributed by atoms with Crippen LogP contribution in [-0.2, 0) is 6.54 Å². The number of hydrogen-bond donors (Lipinski definition) is 1. The van der Waals surface area contributed by atoms with Gasteiger partial charge in [-0.15, -0.1) is 0 Å². The minimum Gasteiger partial charge on any atom is -0.316 e. The molecular weight excluding hydrogens is 302 g/mol. The zero-order valence-corrected chi connectivity index (χ0v) is 16.5. The summed E-state index contributed by atoms with van der Waals surface area (Å²) in [7, 11) is 1.97. The Morgan fingerprint density at radius 3 is 2.52 bits per heavy atom. The maximum absolute atomic E-state index is 3.17. The lowest BCUT2D eigenvalue weighted by Crippen LogP contribution is -2.19. The van der Waals surface area contributed by atoms with Crippen LogP contribution in [0.1, 0.15) is 58.1 Å². The van der Waals surface area contributed by atoms with E-state index in [2.05, 4.69) is 87.7 Å². The Morgan fingerprint density at radius 1 is 1.16 bits per heavy atom. The van der Waals surface area contributed by atoms with Gasteiger partial charge >= 0.3 is 0 Å². The molecule has 134 valence electrons. The van der Waals surface area contributed by atoms with Crippen LogP contribution in [0.25, 0.3) is 6.08 Å². The van der Waals surface area contributed by atoms with E-state index in [9.17, 15) is 0 Å². The van der Waals surface area contributed by atoms with E-state index in [1.807, 2.05) is 7.05 Å². The average molecular weight is 336 g/mol. The third-order valence-electron chi connectivity index (χ3n) is 5.06. The van der Waals surface area contributed by atoms with Crippen molar-refractivity contribution >= 4 is 6.08 Å². The summed E-state index contributed by atoms with van der Waals surface area (Å²) in [5.41, 5.74) is 7.22. The Morgan fingerprint density at radius 2 is 1.88 bits per heavy atom. The number of rotatable bonds is 6. The van der Waals surface area contributed by atoms with Gasteiger partial charge in [-0.1, -0.05) is 79.6 Å². The average Bonchev–Trinajstić information content (AvgIpc) is 2.56. The molecule has 1 aromatic carbocycles. The molecule has 1 N–H and O–H groups in total. The molecule has 0 radical (unpaired) electrons. The summed E-state index contributed by atoms with van der Waals surface area (Å²) in [5, 5.41) is 3.17. The minimum absolute atomic E-state index is 0.310. The molecule has 1 nitrogen and oxygen atoms in total. The highest BCUT2D eigenvalue weighted by Crippen LogP contribution is 2.40. The van der Waals surface area contributed by atoms with Gasteiger partial charge in [-0.25, -0.2) is 0 Å². The highest BCUT2D eigenvalue weighted by molar-refractivity contribution is 5.52. The van der Waals surface area contributed by atoms with E-state index in [-0.39, 0.29) is 0 Å². The lowest BCUT2D eigenvalue weighted by Gasteiger charge is -2.32.